The molecule has 0 aliphatic heterocycles. The maximum absolute atomic E-state index is 11.6. The molecule has 4 nitrogen and oxygen atoms in total. The lowest BCUT2D eigenvalue weighted by molar-refractivity contribution is -0.130. The second-order valence-electron chi connectivity index (χ2n) is 5.63. The second-order valence-corrected chi connectivity index (χ2v) is 5.63. The summed E-state index contributed by atoms with van der Waals surface area (Å²) in [6, 6.07) is -0.115. The maximum atomic E-state index is 11.6. The predicted molar refractivity (Wildman–Crippen MR) is 66.3 cm³/mol. The summed E-state index contributed by atoms with van der Waals surface area (Å²) in [7, 11) is 0. The molecule has 98 valence electrons. The Labute approximate surface area is 103 Å². The lowest BCUT2D eigenvalue weighted by Crippen LogP contribution is -2.47. The van der Waals surface area contributed by atoms with E-state index in [9.17, 15) is 9.90 Å². The fourth-order valence-corrected chi connectivity index (χ4v) is 2.65. The number of hydrogen-bond acceptors (Lipinski definition) is 3. The molecular weight excluding hydrogens is 216 g/mol. The van der Waals surface area contributed by atoms with Gasteiger partial charge in [0.25, 0.3) is 5.91 Å². The molecule has 2 rings (SSSR count). The van der Waals surface area contributed by atoms with Crippen LogP contribution in [0.1, 0.15) is 51.4 Å². The normalized spacial score (nSPS) is 25.3. The molecule has 4 heteroatoms. The second kappa shape index (κ2) is 5.83. The molecule has 0 aromatic carbocycles. The van der Waals surface area contributed by atoms with E-state index in [1.807, 2.05) is 0 Å². The summed E-state index contributed by atoms with van der Waals surface area (Å²) in [4.78, 5) is 11.6. The molecule has 0 aromatic heterocycles. The highest BCUT2D eigenvalue weighted by Gasteiger charge is 2.30. The van der Waals surface area contributed by atoms with Crippen LogP contribution >= 0.6 is 0 Å². The Bertz CT molecular complexity index is 260. The fraction of sp³-hybridized carbons (Fsp3) is 0.923. The monoisotopic (exact) mass is 240 g/mol. The summed E-state index contributed by atoms with van der Waals surface area (Å²) < 4.78 is 0. The Hall–Kier alpha value is -0.610. The van der Waals surface area contributed by atoms with Crippen LogP contribution in [-0.2, 0) is 4.79 Å². The van der Waals surface area contributed by atoms with Crippen molar-refractivity contribution in [1.82, 2.24) is 5.32 Å². The van der Waals surface area contributed by atoms with E-state index in [0.29, 0.717) is 12.0 Å². The molecule has 2 fully saturated rings. The van der Waals surface area contributed by atoms with E-state index in [2.05, 4.69) is 5.32 Å². The molecule has 2 aliphatic rings. The first kappa shape index (κ1) is 12.8. The SMILES string of the molecule is N[C@@H](CC1CCCCC1)[C@H](O)C(=O)NC1CC1. The third kappa shape index (κ3) is 3.96. The molecule has 2 atom stereocenters. The van der Waals surface area contributed by atoms with Crippen LogP contribution in [0.5, 0.6) is 0 Å². The third-order valence-corrected chi connectivity index (χ3v) is 3.93. The van der Waals surface area contributed by atoms with Crippen molar-refractivity contribution >= 4 is 5.91 Å². The fourth-order valence-electron chi connectivity index (χ4n) is 2.65. The molecule has 4 N–H and O–H groups in total. The standard InChI is InChI=1S/C13H24N2O2/c14-11(8-9-4-2-1-3-5-9)12(16)13(17)15-10-6-7-10/h9-12,16H,1-8,14H2,(H,15,17)/t11-,12-/m0/s1. The summed E-state index contributed by atoms with van der Waals surface area (Å²) in [5.41, 5.74) is 5.93. The summed E-state index contributed by atoms with van der Waals surface area (Å²) in [6.45, 7) is 0. The van der Waals surface area contributed by atoms with Crippen molar-refractivity contribution in [2.45, 2.75) is 69.6 Å². The highest BCUT2D eigenvalue weighted by atomic mass is 16.3. The van der Waals surface area contributed by atoms with Crippen molar-refractivity contribution in [3.05, 3.63) is 0 Å². The lowest BCUT2D eigenvalue weighted by atomic mass is 9.84. The van der Waals surface area contributed by atoms with Crippen LogP contribution in [0.3, 0.4) is 0 Å². The van der Waals surface area contributed by atoms with Gasteiger partial charge in [-0.25, -0.2) is 0 Å². The molecule has 2 saturated carbocycles. The molecular formula is C13H24N2O2. The van der Waals surface area contributed by atoms with Crippen LogP contribution in [-0.4, -0.2) is 29.2 Å². The minimum Gasteiger partial charge on any atom is -0.382 e. The third-order valence-electron chi connectivity index (χ3n) is 3.93. The molecule has 0 unspecified atom stereocenters. The van der Waals surface area contributed by atoms with E-state index in [1.54, 1.807) is 0 Å². The van der Waals surface area contributed by atoms with Gasteiger partial charge in [-0.2, -0.15) is 0 Å². The molecule has 17 heavy (non-hydrogen) atoms. The van der Waals surface area contributed by atoms with Crippen molar-refractivity contribution < 1.29 is 9.90 Å². The number of hydrogen-bond donors (Lipinski definition) is 3. The number of amides is 1. The average molecular weight is 240 g/mol. The minimum atomic E-state index is -1.03. The summed E-state index contributed by atoms with van der Waals surface area (Å²) >= 11 is 0. The van der Waals surface area contributed by atoms with Gasteiger partial charge in [-0.3, -0.25) is 4.79 Å². The van der Waals surface area contributed by atoms with E-state index in [-0.39, 0.29) is 5.91 Å². The minimum absolute atomic E-state index is 0.282. The quantitative estimate of drug-likeness (QED) is 0.669. The van der Waals surface area contributed by atoms with Crippen LogP contribution in [0.15, 0.2) is 0 Å². The van der Waals surface area contributed by atoms with Crippen molar-refractivity contribution in [2.75, 3.05) is 0 Å². The van der Waals surface area contributed by atoms with Crippen molar-refractivity contribution in [2.24, 2.45) is 11.7 Å². The Balaban J connectivity index is 1.72. The molecule has 2 aliphatic carbocycles. The number of nitrogens with two attached hydrogens (primary N) is 1. The number of carbonyl (C=O) groups excluding carboxylic acids is 1. The van der Waals surface area contributed by atoms with Gasteiger partial charge in [0.15, 0.2) is 0 Å². The topological polar surface area (TPSA) is 75.3 Å². The van der Waals surface area contributed by atoms with Gasteiger partial charge in [-0.1, -0.05) is 32.1 Å². The smallest absolute Gasteiger partial charge is 0.250 e. The van der Waals surface area contributed by atoms with Gasteiger partial charge < -0.3 is 16.2 Å². The van der Waals surface area contributed by atoms with Gasteiger partial charge in [0.2, 0.25) is 0 Å². The average Bonchev–Trinajstić information content (AvgIpc) is 3.13. The number of carbonyl (C=O) groups is 1. The predicted octanol–water partition coefficient (Wildman–Crippen LogP) is 0.924. The van der Waals surface area contributed by atoms with E-state index in [4.69, 9.17) is 5.73 Å². The Morgan fingerprint density at radius 1 is 1.24 bits per heavy atom. The molecule has 0 radical (unpaired) electrons. The van der Waals surface area contributed by atoms with Gasteiger partial charge in [-0.15, -0.1) is 0 Å². The molecule has 0 aromatic rings. The van der Waals surface area contributed by atoms with Gasteiger partial charge in [0, 0.05) is 12.1 Å². The molecule has 0 saturated heterocycles. The van der Waals surface area contributed by atoms with Gasteiger partial charge in [-0.05, 0) is 25.2 Å². The van der Waals surface area contributed by atoms with Crippen LogP contribution in [0.4, 0.5) is 0 Å². The zero-order chi connectivity index (χ0) is 12.3. The van der Waals surface area contributed by atoms with Gasteiger partial charge in [0.1, 0.15) is 6.10 Å². The van der Waals surface area contributed by atoms with Crippen LogP contribution in [0.25, 0.3) is 0 Å². The summed E-state index contributed by atoms with van der Waals surface area (Å²) in [6.07, 6.45) is 8.07. The molecule has 0 spiro atoms. The zero-order valence-electron chi connectivity index (χ0n) is 10.4. The highest BCUT2D eigenvalue weighted by Crippen LogP contribution is 2.27. The number of aliphatic hydroxyl groups is 1. The van der Waals surface area contributed by atoms with Gasteiger partial charge in [0.05, 0.1) is 0 Å². The molecule has 0 bridgehead atoms. The lowest BCUT2D eigenvalue weighted by Gasteiger charge is -2.26. The zero-order valence-corrected chi connectivity index (χ0v) is 10.4. The first-order valence-electron chi connectivity index (χ1n) is 6.91. The van der Waals surface area contributed by atoms with E-state index in [1.165, 1.54) is 32.1 Å². The van der Waals surface area contributed by atoms with E-state index in [0.717, 1.165) is 19.3 Å². The van der Waals surface area contributed by atoms with E-state index >= 15 is 0 Å². The summed E-state index contributed by atoms with van der Waals surface area (Å²) in [5, 5.41) is 12.7. The van der Waals surface area contributed by atoms with E-state index < -0.39 is 12.1 Å². The first-order chi connectivity index (χ1) is 8.16. The Morgan fingerprint density at radius 3 is 2.47 bits per heavy atom. The summed E-state index contributed by atoms with van der Waals surface area (Å²) in [5.74, 6) is 0.318. The number of rotatable bonds is 5. The first-order valence-corrected chi connectivity index (χ1v) is 6.91. The van der Waals surface area contributed by atoms with Gasteiger partial charge >= 0.3 is 0 Å². The van der Waals surface area contributed by atoms with Crippen molar-refractivity contribution in [3.63, 3.8) is 0 Å². The Morgan fingerprint density at radius 2 is 1.88 bits per heavy atom. The largest absolute Gasteiger partial charge is 0.382 e. The highest BCUT2D eigenvalue weighted by molar-refractivity contribution is 5.81. The number of nitrogens with one attached hydrogen (secondary N) is 1. The van der Waals surface area contributed by atoms with Crippen molar-refractivity contribution in [3.8, 4) is 0 Å². The maximum Gasteiger partial charge on any atom is 0.250 e. The van der Waals surface area contributed by atoms with Crippen LogP contribution in [0.2, 0.25) is 0 Å². The van der Waals surface area contributed by atoms with Crippen molar-refractivity contribution in [1.29, 1.82) is 0 Å². The number of aliphatic hydroxyl groups excluding tert-OH is 1. The molecule has 1 amide bonds. The Kier molecular flexibility index (Phi) is 4.40. The molecule has 0 heterocycles. The van der Waals surface area contributed by atoms with Crippen LogP contribution < -0.4 is 11.1 Å². The van der Waals surface area contributed by atoms with Crippen LogP contribution in [0, 0.1) is 5.92 Å².